The van der Waals surface area contributed by atoms with Crippen LogP contribution in [-0.4, -0.2) is 17.0 Å². The van der Waals surface area contributed by atoms with Gasteiger partial charge >= 0.3 is 0 Å². The summed E-state index contributed by atoms with van der Waals surface area (Å²) in [6.45, 7) is 0. The Labute approximate surface area is 135 Å². The van der Waals surface area contributed by atoms with E-state index < -0.39 is 0 Å². The minimum atomic E-state index is 0.492. The second-order valence-corrected chi connectivity index (χ2v) is 8.49. The molecule has 0 radical (unpaired) electrons. The van der Waals surface area contributed by atoms with Gasteiger partial charge in [0.1, 0.15) is 17.1 Å². The van der Waals surface area contributed by atoms with Crippen LogP contribution in [0.3, 0.4) is 0 Å². The molecule has 0 spiro atoms. The minimum absolute atomic E-state index is 0.492. The lowest BCUT2D eigenvalue weighted by Gasteiger charge is -2.06. The number of rotatable bonds is 2. The van der Waals surface area contributed by atoms with Gasteiger partial charge in [0.2, 0.25) is 0 Å². The number of aromatic nitrogens is 2. The molecule has 1 aromatic carbocycles. The predicted octanol–water partition coefficient (Wildman–Crippen LogP) is 4.24. The van der Waals surface area contributed by atoms with Gasteiger partial charge in [0.15, 0.2) is 0 Å². The van der Waals surface area contributed by atoms with Gasteiger partial charge in [-0.3, -0.25) is 0 Å². The molecule has 2 aromatic rings. The SMILES string of the molecule is S=C(S)Sc1nc2ccccc2nc1SC(=S)S. The maximum absolute atomic E-state index is 4.97. The third kappa shape index (κ3) is 3.82. The number of hydrogen-bond acceptors (Lipinski definition) is 6. The van der Waals surface area contributed by atoms with Crippen LogP contribution in [0.15, 0.2) is 34.3 Å². The maximum atomic E-state index is 4.97. The van der Waals surface area contributed by atoms with Gasteiger partial charge in [-0.1, -0.05) is 36.6 Å². The number of hydrogen-bond donors (Lipinski definition) is 2. The molecule has 92 valence electrons. The molecule has 0 amide bonds. The van der Waals surface area contributed by atoms with E-state index in [1.807, 2.05) is 24.3 Å². The van der Waals surface area contributed by atoms with Crippen LogP contribution in [0, 0.1) is 0 Å². The molecule has 18 heavy (non-hydrogen) atoms. The molecule has 0 atom stereocenters. The Morgan fingerprint density at radius 2 is 1.28 bits per heavy atom. The Balaban J connectivity index is 2.55. The first-order valence-electron chi connectivity index (χ1n) is 4.64. The van der Waals surface area contributed by atoms with Crippen molar-refractivity contribution >= 4 is 91.3 Å². The zero-order valence-corrected chi connectivity index (χ0v) is 13.8. The molecule has 0 aliphatic rings. The van der Waals surface area contributed by atoms with Crippen LogP contribution in [0.2, 0.25) is 0 Å². The molecular weight excluding hydrogens is 341 g/mol. The summed E-state index contributed by atoms with van der Waals surface area (Å²) in [5.74, 6) is 0. The molecule has 0 aliphatic heterocycles. The summed E-state index contributed by atoms with van der Waals surface area (Å²) in [5.41, 5.74) is 1.64. The highest BCUT2D eigenvalue weighted by Crippen LogP contribution is 2.32. The topological polar surface area (TPSA) is 25.8 Å². The molecule has 1 heterocycles. The lowest BCUT2D eigenvalue weighted by molar-refractivity contribution is 0.978. The van der Waals surface area contributed by atoms with Crippen LogP contribution in [0.5, 0.6) is 0 Å². The van der Waals surface area contributed by atoms with Gasteiger partial charge in [-0.2, -0.15) is 0 Å². The number of thiocarbonyl (C=S) groups is 2. The second-order valence-electron chi connectivity index (χ2n) is 3.06. The van der Waals surface area contributed by atoms with Crippen LogP contribution >= 0.6 is 73.2 Å². The van der Waals surface area contributed by atoms with E-state index in [0.29, 0.717) is 17.1 Å². The molecule has 0 bridgehead atoms. The first-order valence-corrected chi connectivity index (χ1v) is 7.99. The molecule has 8 heteroatoms. The van der Waals surface area contributed by atoms with E-state index in [0.717, 1.165) is 11.0 Å². The zero-order valence-electron chi connectivity index (χ0n) is 8.73. The fourth-order valence-corrected chi connectivity index (χ4v) is 3.39. The van der Waals surface area contributed by atoms with Crippen LogP contribution in [0.1, 0.15) is 0 Å². The number of fused-ring (bicyclic) bond motifs is 1. The Bertz CT molecular complexity index is 572. The highest BCUT2D eigenvalue weighted by Gasteiger charge is 2.12. The predicted molar refractivity (Wildman–Crippen MR) is 94.4 cm³/mol. The molecule has 0 N–H and O–H groups in total. The Hall–Kier alpha value is 0.140. The van der Waals surface area contributed by atoms with Gasteiger partial charge in [-0.15, -0.1) is 25.3 Å². The molecule has 1 aromatic heterocycles. The molecule has 0 unspecified atom stereocenters. The molecular formula is C10H6N2S6. The van der Waals surface area contributed by atoms with Crippen LogP contribution in [0.4, 0.5) is 0 Å². The third-order valence-electron chi connectivity index (χ3n) is 1.88. The van der Waals surface area contributed by atoms with Crippen LogP contribution < -0.4 is 0 Å². The number of para-hydroxylation sites is 2. The van der Waals surface area contributed by atoms with Gasteiger partial charge in [-0.25, -0.2) is 9.97 Å². The van der Waals surface area contributed by atoms with E-state index in [4.69, 9.17) is 24.4 Å². The lowest BCUT2D eigenvalue weighted by Crippen LogP contribution is -1.94. The third-order valence-corrected chi connectivity index (χ3v) is 4.36. The van der Waals surface area contributed by atoms with Crippen molar-refractivity contribution in [2.75, 3.05) is 0 Å². The lowest BCUT2D eigenvalue weighted by atomic mass is 10.3. The van der Waals surface area contributed by atoms with Crippen molar-refractivity contribution in [3.8, 4) is 0 Å². The Kier molecular flexibility index (Phi) is 5.28. The number of thiol groups is 2. The quantitative estimate of drug-likeness (QED) is 0.479. The molecule has 2 rings (SSSR count). The van der Waals surface area contributed by atoms with E-state index in [1.165, 1.54) is 23.5 Å². The highest BCUT2D eigenvalue weighted by molar-refractivity contribution is 8.43. The maximum Gasteiger partial charge on any atom is 0.135 e. The average molecular weight is 347 g/mol. The Morgan fingerprint density at radius 3 is 1.61 bits per heavy atom. The van der Waals surface area contributed by atoms with Crippen molar-refractivity contribution < 1.29 is 0 Å². The average Bonchev–Trinajstić information content (AvgIpc) is 2.28. The van der Waals surface area contributed by atoms with Crippen molar-refractivity contribution in [1.82, 2.24) is 9.97 Å². The summed E-state index contributed by atoms with van der Waals surface area (Å²) >= 11 is 20.7. The van der Waals surface area contributed by atoms with Crippen molar-refractivity contribution in [3.63, 3.8) is 0 Å². The Morgan fingerprint density at radius 1 is 0.889 bits per heavy atom. The number of thioether (sulfide) groups is 2. The molecule has 0 saturated heterocycles. The summed E-state index contributed by atoms with van der Waals surface area (Å²) in [4.78, 5) is 9.04. The van der Waals surface area contributed by atoms with Gasteiger partial charge in [0.25, 0.3) is 0 Å². The van der Waals surface area contributed by atoms with Gasteiger partial charge in [-0.05, 0) is 35.7 Å². The smallest absolute Gasteiger partial charge is 0.135 e. The summed E-state index contributed by atoms with van der Waals surface area (Å²) in [5, 5.41) is 1.41. The normalized spacial score (nSPS) is 10.6. The van der Waals surface area contributed by atoms with E-state index in [-0.39, 0.29) is 0 Å². The highest BCUT2D eigenvalue weighted by atomic mass is 32.2. The van der Waals surface area contributed by atoms with Gasteiger partial charge < -0.3 is 0 Å². The molecule has 0 fully saturated rings. The summed E-state index contributed by atoms with van der Waals surface area (Å²) in [6, 6.07) is 7.64. The fourth-order valence-electron chi connectivity index (χ4n) is 1.27. The van der Waals surface area contributed by atoms with Crippen molar-refractivity contribution in [2.24, 2.45) is 0 Å². The van der Waals surface area contributed by atoms with Crippen LogP contribution in [0.25, 0.3) is 11.0 Å². The standard InChI is InChI=1S/C10H6N2S6/c13-9(14)17-7-8(18-10(15)16)12-6-4-2-1-3-5(6)11-7/h1-4H,(H,13,14)(H,15,16). The minimum Gasteiger partial charge on any atom is -0.237 e. The molecule has 0 aliphatic carbocycles. The van der Waals surface area contributed by atoms with Gasteiger partial charge in [0.05, 0.1) is 11.0 Å². The second kappa shape index (κ2) is 6.53. The van der Waals surface area contributed by atoms with Crippen molar-refractivity contribution in [3.05, 3.63) is 24.3 Å². The largest absolute Gasteiger partial charge is 0.237 e. The summed E-state index contributed by atoms with van der Waals surface area (Å²) in [6.07, 6.45) is 0. The number of nitrogens with zero attached hydrogens (tertiary/aromatic N) is 2. The first-order chi connectivity index (χ1) is 8.56. The van der Waals surface area contributed by atoms with E-state index in [9.17, 15) is 0 Å². The van der Waals surface area contributed by atoms with Crippen molar-refractivity contribution in [1.29, 1.82) is 0 Å². The van der Waals surface area contributed by atoms with E-state index in [1.54, 1.807) is 0 Å². The van der Waals surface area contributed by atoms with Gasteiger partial charge in [0, 0.05) is 0 Å². The monoisotopic (exact) mass is 346 g/mol. The van der Waals surface area contributed by atoms with Crippen LogP contribution in [-0.2, 0) is 0 Å². The zero-order chi connectivity index (χ0) is 13.1. The van der Waals surface area contributed by atoms with Crippen molar-refractivity contribution in [2.45, 2.75) is 10.1 Å². The van der Waals surface area contributed by atoms with E-state index >= 15 is 0 Å². The van der Waals surface area contributed by atoms with E-state index in [2.05, 4.69) is 35.2 Å². The number of benzene rings is 1. The molecule has 0 saturated carbocycles. The molecule has 2 nitrogen and oxygen atoms in total. The summed E-state index contributed by atoms with van der Waals surface area (Å²) < 4.78 is 0.984. The fraction of sp³-hybridized carbons (Fsp3) is 0. The first kappa shape index (κ1) is 14.5. The summed E-state index contributed by atoms with van der Waals surface area (Å²) in [7, 11) is 0.